The molecule has 0 aliphatic heterocycles. The van der Waals surface area contributed by atoms with Crippen LogP contribution in [-0.4, -0.2) is 33.9 Å². The van der Waals surface area contributed by atoms with Gasteiger partial charge in [-0.05, 0) is 13.0 Å². The highest BCUT2D eigenvalue weighted by Gasteiger charge is 2.20. The Morgan fingerprint density at radius 3 is 2.76 bits per heavy atom. The van der Waals surface area contributed by atoms with Crippen molar-refractivity contribution in [2.75, 3.05) is 6.61 Å². The third-order valence-electron chi connectivity index (χ3n) is 2.66. The number of esters is 1. The van der Waals surface area contributed by atoms with Crippen LogP contribution in [-0.2, 0) is 9.53 Å². The van der Waals surface area contributed by atoms with Gasteiger partial charge in [0.2, 0.25) is 5.13 Å². The Morgan fingerprint density at radius 2 is 2.16 bits per heavy atom. The third kappa shape index (κ3) is 4.88. The fourth-order valence-electron chi connectivity index (χ4n) is 1.60. The largest absolute Gasteiger partial charge is 0.506 e. The topological polar surface area (TPSA) is 84.7 Å². The zero-order chi connectivity index (χ0) is 18.6. The Morgan fingerprint density at radius 1 is 1.44 bits per heavy atom. The lowest BCUT2D eigenvalue weighted by atomic mass is 10.1. The molecule has 132 valence electrons. The van der Waals surface area contributed by atoms with Gasteiger partial charge < -0.3 is 9.84 Å². The Hall–Kier alpha value is -1.74. The summed E-state index contributed by atoms with van der Waals surface area (Å²) >= 11 is 18.2. The van der Waals surface area contributed by atoms with Crippen molar-refractivity contribution in [3.8, 4) is 0 Å². The minimum atomic E-state index is -0.917. The Balaban J connectivity index is 2.52. The first kappa shape index (κ1) is 19.6. The molecule has 0 aliphatic carbocycles. The van der Waals surface area contributed by atoms with E-state index in [-0.39, 0.29) is 28.0 Å². The van der Waals surface area contributed by atoms with Gasteiger partial charge in [0.25, 0.3) is 0 Å². The van der Waals surface area contributed by atoms with Crippen LogP contribution in [0, 0.1) is 5.82 Å². The highest BCUT2D eigenvalue weighted by atomic mass is 35.5. The molecule has 2 aromatic rings. The number of hydrogen-bond donors (Lipinski definition) is 1. The Kier molecular flexibility index (Phi) is 6.71. The summed E-state index contributed by atoms with van der Waals surface area (Å²) in [6.45, 7) is 1.63. The van der Waals surface area contributed by atoms with Gasteiger partial charge in [0.05, 0.1) is 18.4 Å². The predicted molar refractivity (Wildman–Crippen MR) is 95.7 cm³/mol. The van der Waals surface area contributed by atoms with Gasteiger partial charge in [-0.15, -0.1) is 0 Å². The first-order valence-electron chi connectivity index (χ1n) is 6.61. The molecule has 11 heteroatoms. The summed E-state index contributed by atoms with van der Waals surface area (Å²) < 4.78 is 18.9. The molecule has 0 unspecified atom stereocenters. The van der Waals surface area contributed by atoms with Crippen LogP contribution in [0.2, 0.25) is 14.6 Å². The van der Waals surface area contributed by atoms with E-state index in [1.165, 1.54) is 6.20 Å². The van der Waals surface area contributed by atoms with Crippen LogP contribution in [0.15, 0.2) is 22.8 Å². The molecule has 0 radical (unpaired) electrons. The van der Waals surface area contributed by atoms with Crippen LogP contribution >= 0.6 is 46.1 Å². The summed E-state index contributed by atoms with van der Waals surface area (Å²) in [4.78, 5) is 23.5. The van der Waals surface area contributed by atoms with Gasteiger partial charge in [-0.25, -0.2) is 24.1 Å². The molecule has 0 fully saturated rings. The number of nitrogens with zero attached hydrogens (tertiary/aromatic N) is 3. The van der Waals surface area contributed by atoms with Crippen molar-refractivity contribution < 1.29 is 19.0 Å². The smallest absolute Gasteiger partial charge is 0.343 e. The van der Waals surface area contributed by atoms with E-state index in [0.29, 0.717) is 4.34 Å². The molecule has 0 aromatic carbocycles. The first-order chi connectivity index (χ1) is 11.8. The van der Waals surface area contributed by atoms with Crippen molar-refractivity contribution >= 4 is 69.2 Å². The molecule has 1 N–H and O–H groups in total. The molecular weight excluding hydrogens is 416 g/mol. The van der Waals surface area contributed by atoms with Gasteiger partial charge in [-0.2, -0.15) is 0 Å². The van der Waals surface area contributed by atoms with E-state index in [1.807, 2.05) is 0 Å². The van der Waals surface area contributed by atoms with Crippen molar-refractivity contribution in [1.82, 2.24) is 9.97 Å². The standard InChI is InChI=1S/C14H9Cl3FN3O3S/c1-2-24-13(23)7(4-19-14-20-5-9(15)25-14)10(22)6-3-8(18)12(17)21-11(6)16/h3-5,22H,2H2,1H3/b10-7-,19-4+. The van der Waals surface area contributed by atoms with Crippen molar-refractivity contribution in [2.45, 2.75) is 6.92 Å². The number of pyridine rings is 1. The number of aliphatic hydroxyl groups is 1. The summed E-state index contributed by atoms with van der Waals surface area (Å²) in [6.07, 6.45) is 2.40. The van der Waals surface area contributed by atoms with Crippen molar-refractivity contribution in [3.05, 3.63) is 43.9 Å². The summed E-state index contributed by atoms with van der Waals surface area (Å²) in [7, 11) is 0. The van der Waals surface area contributed by atoms with E-state index in [9.17, 15) is 14.3 Å². The normalized spacial score (nSPS) is 12.4. The SMILES string of the molecule is CCOC(=O)C(/C=N/c1ncc(Cl)s1)=C(\O)c1cc(F)c(Cl)nc1Cl. The number of aliphatic hydroxyl groups excluding tert-OH is 1. The fraction of sp³-hybridized carbons (Fsp3) is 0.143. The van der Waals surface area contributed by atoms with Gasteiger partial charge in [-0.1, -0.05) is 46.1 Å². The highest BCUT2D eigenvalue weighted by molar-refractivity contribution is 7.19. The molecule has 0 atom stereocenters. The average molecular weight is 425 g/mol. The molecule has 25 heavy (non-hydrogen) atoms. The number of carbonyl (C=O) groups excluding carboxylic acids is 1. The molecule has 0 saturated carbocycles. The lowest BCUT2D eigenvalue weighted by molar-refractivity contribution is -0.137. The third-order valence-corrected chi connectivity index (χ3v) is 4.24. The maximum atomic E-state index is 13.6. The molecule has 0 aliphatic rings. The van der Waals surface area contributed by atoms with Crippen LogP contribution in [0.5, 0.6) is 0 Å². The van der Waals surface area contributed by atoms with Gasteiger partial charge in [0, 0.05) is 6.21 Å². The lowest BCUT2D eigenvalue weighted by Gasteiger charge is -2.08. The maximum Gasteiger partial charge on any atom is 0.343 e. The summed E-state index contributed by atoms with van der Waals surface area (Å²) in [5, 5.41) is 9.85. The zero-order valence-corrected chi connectivity index (χ0v) is 15.5. The van der Waals surface area contributed by atoms with Crippen LogP contribution in [0.1, 0.15) is 12.5 Å². The van der Waals surface area contributed by atoms with Gasteiger partial charge >= 0.3 is 5.97 Å². The summed E-state index contributed by atoms with van der Waals surface area (Å²) in [6, 6.07) is 0.848. The van der Waals surface area contributed by atoms with E-state index in [0.717, 1.165) is 23.6 Å². The number of thiazole rings is 1. The van der Waals surface area contributed by atoms with Crippen LogP contribution in [0.3, 0.4) is 0 Å². The number of halogens is 4. The van der Waals surface area contributed by atoms with Crippen molar-refractivity contribution in [2.24, 2.45) is 4.99 Å². The van der Waals surface area contributed by atoms with E-state index in [4.69, 9.17) is 39.5 Å². The van der Waals surface area contributed by atoms with E-state index in [1.54, 1.807) is 6.92 Å². The molecule has 0 amide bonds. The molecule has 0 saturated heterocycles. The molecule has 6 nitrogen and oxygen atoms in total. The second-order valence-corrected chi connectivity index (χ2v) is 6.64. The van der Waals surface area contributed by atoms with Gasteiger partial charge in [0.15, 0.2) is 11.0 Å². The molecular formula is C14H9Cl3FN3O3S. The van der Waals surface area contributed by atoms with Crippen molar-refractivity contribution in [1.29, 1.82) is 0 Å². The molecule has 0 spiro atoms. The number of rotatable bonds is 5. The number of aliphatic imine (C=N–C) groups is 1. The number of ether oxygens (including phenoxy) is 1. The second-order valence-electron chi connectivity index (χ2n) is 4.29. The highest BCUT2D eigenvalue weighted by Crippen LogP contribution is 2.28. The van der Waals surface area contributed by atoms with E-state index in [2.05, 4.69) is 15.0 Å². The summed E-state index contributed by atoms with van der Waals surface area (Å²) in [5.41, 5.74) is -0.603. The maximum absolute atomic E-state index is 13.6. The average Bonchev–Trinajstić information content (AvgIpc) is 2.96. The minimum absolute atomic E-state index is 0.0491. The molecule has 2 aromatic heterocycles. The second kappa shape index (κ2) is 8.57. The van der Waals surface area contributed by atoms with Crippen molar-refractivity contribution in [3.63, 3.8) is 0 Å². The predicted octanol–water partition coefficient (Wildman–Crippen LogP) is 4.87. The van der Waals surface area contributed by atoms with Gasteiger partial charge in [-0.3, -0.25) is 0 Å². The van der Waals surface area contributed by atoms with Gasteiger partial charge in [0.1, 0.15) is 20.8 Å². The number of aromatic nitrogens is 2. The number of carbonyl (C=O) groups is 1. The van der Waals surface area contributed by atoms with Crippen LogP contribution in [0.25, 0.3) is 5.76 Å². The monoisotopic (exact) mass is 423 g/mol. The van der Waals surface area contributed by atoms with E-state index < -0.39 is 22.7 Å². The Labute approximate surface area is 160 Å². The minimum Gasteiger partial charge on any atom is -0.506 e. The summed E-state index contributed by atoms with van der Waals surface area (Å²) in [5.74, 6) is -2.48. The van der Waals surface area contributed by atoms with Crippen LogP contribution < -0.4 is 0 Å². The molecule has 2 rings (SSSR count). The molecule has 2 heterocycles. The molecule has 0 bridgehead atoms. The quantitative estimate of drug-likeness (QED) is 0.243. The Bertz CT molecular complexity index is 870. The lowest BCUT2D eigenvalue weighted by Crippen LogP contribution is -2.11. The zero-order valence-electron chi connectivity index (χ0n) is 12.5. The first-order valence-corrected chi connectivity index (χ1v) is 8.56. The fourth-order valence-corrected chi connectivity index (χ4v) is 2.76. The number of hydrogen-bond acceptors (Lipinski definition) is 7. The van der Waals surface area contributed by atoms with E-state index >= 15 is 0 Å². The van der Waals surface area contributed by atoms with Crippen LogP contribution in [0.4, 0.5) is 9.52 Å².